The van der Waals surface area contributed by atoms with Gasteiger partial charge in [0.15, 0.2) is 0 Å². The maximum atomic E-state index is 15.5. The fourth-order valence-corrected chi connectivity index (χ4v) is 4.70. The van der Waals surface area contributed by atoms with Gasteiger partial charge in [0.25, 0.3) is 0 Å². The Kier molecular flexibility index (Phi) is 7.22. The number of anilines is 2. The molecule has 0 saturated carbocycles. The lowest BCUT2D eigenvalue weighted by molar-refractivity contribution is -0.142. The first-order chi connectivity index (χ1) is 17.5. The maximum absolute atomic E-state index is 15.5. The molecule has 9 nitrogen and oxygen atoms in total. The lowest BCUT2D eigenvalue weighted by Gasteiger charge is -2.25. The van der Waals surface area contributed by atoms with Crippen LogP contribution in [-0.2, 0) is 20.9 Å². The van der Waals surface area contributed by atoms with E-state index in [2.05, 4.69) is 0 Å². The standard InChI is InChI=1S/C25H27BF2N4O5/c1-3-36-25(35)16-10-32(20-8-19(30)17(27)6-13(20)11-37-12(2)33)22-15(24(16)34)7-18(28)23(21(22)26)31-5-4-14(29)9-31/h6-8,10,14H,3-5,9,11,26,29-30H2,1-2H3. The Morgan fingerprint density at radius 2 is 1.92 bits per heavy atom. The summed E-state index contributed by atoms with van der Waals surface area (Å²) in [7, 11) is 1.66. The molecule has 37 heavy (non-hydrogen) atoms. The summed E-state index contributed by atoms with van der Waals surface area (Å²) in [5.41, 5.74) is 12.1. The highest BCUT2D eigenvalue weighted by molar-refractivity contribution is 6.42. The monoisotopic (exact) mass is 512 g/mol. The lowest BCUT2D eigenvalue weighted by atomic mass is 9.88. The highest BCUT2D eigenvalue weighted by atomic mass is 19.1. The SMILES string of the molecule is Bc1c(N2CCC(N)C2)c(F)cc2c(=O)c(C(=O)OCC)cn(-c3cc(N)c(F)cc3COC(C)=O)c12. The van der Waals surface area contributed by atoms with Gasteiger partial charge in [-0.25, -0.2) is 13.6 Å². The van der Waals surface area contributed by atoms with Crippen molar-refractivity contribution in [3.63, 3.8) is 0 Å². The minimum atomic E-state index is -0.896. The van der Waals surface area contributed by atoms with E-state index in [1.165, 1.54) is 23.8 Å². The van der Waals surface area contributed by atoms with Gasteiger partial charge in [-0.3, -0.25) is 9.59 Å². The van der Waals surface area contributed by atoms with Gasteiger partial charge in [-0.1, -0.05) is 0 Å². The van der Waals surface area contributed by atoms with Crippen LogP contribution in [0.1, 0.15) is 36.2 Å². The van der Waals surface area contributed by atoms with Crippen LogP contribution >= 0.6 is 0 Å². The number of nitrogen functional groups attached to an aromatic ring is 1. The quantitative estimate of drug-likeness (QED) is 0.283. The molecular weight excluding hydrogens is 485 g/mol. The number of carbonyl (C=O) groups excluding carboxylic acids is 2. The molecule has 1 aliphatic heterocycles. The summed E-state index contributed by atoms with van der Waals surface area (Å²) < 4.78 is 41.6. The second-order valence-corrected chi connectivity index (χ2v) is 8.97. The summed E-state index contributed by atoms with van der Waals surface area (Å²) in [6.45, 7) is 3.46. The third kappa shape index (κ3) is 4.88. The van der Waals surface area contributed by atoms with Gasteiger partial charge in [0.1, 0.15) is 31.7 Å². The molecule has 194 valence electrons. The molecule has 1 atom stereocenters. The van der Waals surface area contributed by atoms with Crippen LogP contribution in [0.3, 0.4) is 0 Å². The zero-order chi connectivity index (χ0) is 27.0. The first-order valence-corrected chi connectivity index (χ1v) is 11.8. The van der Waals surface area contributed by atoms with Gasteiger partial charge in [-0.15, -0.1) is 0 Å². The first kappa shape index (κ1) is 26.1. The van der Waals surface area contributed by atoms with Crippen molar-refractivity contribution in [1.82, 2.24) is 4.57 Å². The van der Waals surface area contributed by atoms with Crippen molar-refractivity contribution >= 4 is 47.5 Å². The number of rotatable bonds is 6. The van der Waals surface area contributed by atoms with Crippen LogP contribution in [0.15, 0.2) is 29.2 Å². The molecule has 12 heteroatoms. The lowest BCUT2D eigenvalue weighted by Crippen LogP contribution is -2.33. The molecular formula is C25H27BF2N4O5. The van der Waals surface area contributed by atoms with Crippen LogP contribution in [0.2, 0.25) is 0 Å². The van der Waals surface area contributed by atoms with Gasteiger partial charge < -0.3 is 30.4 Å². The average Bonchev–Trinajstić information content (AvgIpc) is 3.26. The highest BCUT2D eigenvalue weighted by Crippen LogP contribution is 2.29. The molecule has 1 fully saturated rings. The number of ether oxygens (including phenoxy) is 2. The van der Waals surface area contributed by atoms with Crippen LogP contribution in [0.5, 0.6) is 0 Å². The van der Waals surface area contributed by atoms with Gasteiger partial charge in [0, 0.05) is 43.2 Å². The first-order valence-electron chi connectivity index (χ1n) is 11.8. The van der Waals surface area contributed by atoms with Crippen LogP contribution < -0.4 is 27.3 Å². The van der Waals surface area contributed by atoms with Crippen LogP contribution in [0, 0.1) is 11.6 Å². The number of nitrogens with zero attached hydrogens (tertiary/aromatic N) is 2. The zero-order valence-corrected chi connectivity index (χ0v) is 20.8. The number of fused-ring (bicyclic) bond motifs is 1. The molecule has 0 aliphatic carbocycles. The van der Waals surface area contributed by atoms with Crippen molar-refractivity contribution in [1.29, 1.82) is 0 Å². The molecule has 0 radical (unpaired) electrons. The number of halogens is 2. The minimum Gasteiger partial charge on any atom is -0.462 e. The highest BCUT2D eigenvalue weighted by Gasteiger charge is 2.28. The molecule has 3 aromatic rings. The van der Waals surface area contributed by atoms with Crippen molar-refractivity contribution in [3.8, 4) is 5.69 Å². The normalized spacial score (nSPS) is 15.3. The summed E-state index contributed by atoms with van der Waals surface area (Å²) >= 11 is 0. The van der Waals surface area contributed by atoms with Crippen molar-refractivity contribution in [2.24, 2.45) is 5.73 Å². The third-order valence-corrected chi connectivity index (χ3v) is 6.38. The number of esters is 2. The van der Waals surface area contributed by atoms with Crippen molar-refractivity contribution in [2.45, 2.75) is 32.9 Å². The minimum absolute atomic E-state index is 0.0129. The topological polar surface area (TPSA) is 130 Å². The van der Waals surface area contributed by atoms with Crippen LogP contribution in [0.25, 0.3) is 16.6 Å². The molecule has 0 spiro atoms. The van der Waals surface area contributed by atoms with E-state index in [4.69, 9.17) is 20.9 Å². The van der Waals surface area contributed by atoms with Crippen molar-refractivity contribution in [3.05, 3.63) is 57.4 Å². The fourth-order valence-electron chi connectivity index (χ4n) is 4.70. The number of pyridine rings is 1. The molecule has 1 saturated heterocycles. The number of nitrogens with two attached hydrogens (primary N) is 2. The average molecular weight is 512 g/mol. The molecule has 1 aliphatic rings. The number of carbonyl (C=O) groups is 2. The third-order valence-electron chi connectivity index (χ3n) is 6.38. The van der Waals surface area contributed by atoms with E-state index in [1.54, 1.807) is 14.8 Å². The molecule has 4 rings (SSSR count). The second kappa shape index (κ2) is 10.2. The maximum Gasteiger partial charge on any atom is 0.343 e. The molecule has 2 aromatic carbocycles. The summed E-state index contributed by atoms with van der Waals surface area (Å²) in [6, 6.07) is 3.37. The molecule has 4 N–H and O–H groups in total. The van der Waals surface area contributed by atoms with Gasteiger partial charge in [-0.2, -0.15) is 0 Å². The predicted molar refractivity (Wildman–Crippen MR) is 138 cm³/mol. The summed E-state index contributed by atoms with van der Waals surface area (Å²) in [4.78, 5) is 39.4. The summed E-state index contributed by atoms with van der Waals surface area (Å²) in [5, 5.41) is -0.0749. The fraction of sp³-hybridized carbons (Fsp3) is 0.320. The number of hydrogen-bond donors (Lipinski definition) is 2. The van der Waals surface area contributed by atoms with Crippen molar-refractivity contribution in [2.75, 3.05) is 30.3 Å². The van der Waals surface area contributed by atoms with Gasteiger partial charge >= 0.3 is 11.9 Å². The number of hydrogen-bond acceptors (Lipinski definition) is 8. The molecule has 2 heterocycles. The Hall–Kier alpha value is -3.93. The summed E-state index contributed by atoms with van der Waals surface area (Å²) in [5.74, 6) is -2.86. The van der Waals surface area contributed by atoms with Gasteiger partial charge in [0.2, 0.25) is 5.43 Å². The van der Waals surface area contributed by atoms with E-state index >= 15 is 4.39 Å². The largest absolute Gasteiger partial charge is 0.462 e. The Labute approximate surface area is 212 Å². The van der Waals surface area contributed by atoms with E-state index in [0.29, 0.717) is 25.0 Å². The van der Waals surface area contributed by atoms with Gasteiger partial charge in [0.05, 0.1) is 29.2 Å². The molecule has 1 unspecified atom stereocenters. The van der Waals surface area contributed by atoms with Crippen molar-refractivity contribution < 1.29 is 27.8 Å². The summed E-state index contributed by atoms with van der Waals surface area (Å²) in [6.07, 6.45) is 1.93. The van der Waals surface area contributed by atoms with E-state index in [0.717, 1.165) is 12.1 Å². The van der Waals surface area contributed by atoms with E-state index in [1.807, 2.05) is 4.90 Å². The van der Waals surface area contributed by atoms with Crippen LogP contribution in [0.4, 0.5) is 20.2 Å². The molecule has 1 aromatic heterocycles. The Morgan fingerprint density at radius 3 is 2.54 bits per heavy atom. The number of benzene rings is 2. The van der Waals surface area contributed by atoms with E-state index in [-0.39, 0.29) is 58.3 Å². The Bertz CT molecular complexity index is 1480. The van der Waals surface area contributed by atoms with Gasteiger partial charge in [-0.05, 0) is 37.0 Å². The van der Waals surface area contributed by atoms with E-state index in [9.17, 15) is 18.8 Å². The molecule has 0 bridgehead atoms. The predicted octanol–water partition coefficient (Wildman–Crippen LogP) is 0.887. The zero-order valence-electron chi connectivity index (χ0n) is 20.8. The smallest absolute Gasteiger partial charge is 0.343 e. The molecule has 0 amide bonds. The Balaban J connectivity index is 2.10. The number of aromatic nitrogens is 1. The van der Waals surface area contributed by atoms with Crippen LogP contribution in [-0.4, -0.2) is 50.1 Å². The second-order valence-electron chi connectivity index (χ2n) is 8.97. The van der Waals surface area contributed by atoms with E-state index < -0.39 is 29.0 Å². The Morgan fingerprint density at radius 1 is 1.19 bits per heavy atom.